The van der Waals surface area contributed by atoms with Gasteiger partial charge in [0.1, 0.15) is 5.75 Å². The lowest BCUT2D eigenvalue weighted by atomic mass is 10.1. The van der Waals surface area contributed by atoms with Crippen molar-refractivity contribution in [2.75, 3.05) is 11.4 Å². The van der Waals surface area contributed by atoms with E-state index in [4.69, 9.17) is 10.00 Å². The van der Waals surface area contributed by atoms with E-state index in [2.05, 4.69) is 11.4 Å². The quantitative estimate of drug-likeness (QED) is 0.634. The number of rotatable bonds is 10. The molecule has 0 aliphatic heterocycles. The van der Waals surface area contributed by atoms with E-state index in [0.29, 0.717) is 6.54 Å². The Morgan fingerprint density at radius 1 is 1.07 bits per heavy atom. The minimum atomic E-state index is -0.202. The Hall–Kier alpha value is -3.33. The van der Waals surface area contributed by atoms with E-state index in [1.807, 2.05) is 75.4 Å². The highest BCUT2D eigenvalue weighted by atomic mass is 16.5. The molecule has 1 N–H and O–H groups in total. The molecule has 6 heteroatoms. The van der Waals surface area contributed by atoms with Crippen molar-refractivity contribution >= 4 is 17.5 Å². The zero-order valence-corrected chi connectivity index (χ0v) is 17.8. The molecule has 2 rings (SSSR count). The molecular weight excluding hydrogens is 378 g/mol. The maximum absolute atomic E-state index is 12.7. The fraction of sp³-hybridized carbons (Fsp3) is 0.375. The van der Waals surface area contributed by atoms with E-state index in [-0.39, 0.29) is 43.2 Å². The van der Waals surface area contributed by atoms with Crippen molar-refractivity contribution < 1.29 is 14.3 Å². The van der Waals surface area contributed by atoms with Gasteiger partial charge >= 0.3 is 0 Å². The maximum atomic E-state index is 12.7. The Morgan fingerprint density at radius 3 is 2.47 bits per heavy atom. The second kappa shape index (κ2) is 11.6. The van der Waals surface area contributed by atoms with E-state index >= 15 is 0 Å². The average molecular weight is 408 g/mol. The molecule has 2 aromatic carbocycles. The summed E-state index contributed by atoms with van der Waals surface area (Å²) in [6.07, 6.45) is 0.472. The molecule has 0 saturated carbocycles. The third kappa shape index (κ3) is 7.25. The molecule has 0 heterocycles. The van der Waals surface area contributed by atoms with Crippen LogP contribution in [0, 0.1) is 11.3 Å². The lowest BCUT2D eigenvalue weighted by Gasteiger charge is -2.22. The van der Waals surface area contributed by atoms with Crippen LogP contribution in [0.2, 0.25) is 0 Å². The first kappa shape index (κ1) is 23.0. The summed E-state index contributed by atoms with van der Waals surface area (Å²) in [5.41, 5.74) is 1.67. The Kier molecular flexibility index (Phi) is 8.89. The molecule has 2 amide bonds. The minimum Gasteiger partial charge on any atom is -0.491 e. The second-order valence-corrected chi connectivity index (χ2v) is 7.32. The number of carbonyl (C=O) groups is 2. The molecule has 0 saturated heterocycles. The lowest BCUT2D eigenvalue weighted by molar-refractivity contribution is -0.125. The average Bonchev–Trinajstić information content (AvgIpc) is 2.73. The predicted molar refractivity (Wildman–Crippen MR) is 117 cm³/mol. The summed E-state index contributed by atoms with van der Waals surface area (Å²) in [4.78, 5) is 26.6. The number of ether oxygens (including phenoxy) is 1. The lowest BCUT2D eigenvalue weighted by Crippen LogP contribution is -2.33. The van der Waals surface area contributed by atoms with E-state index < -0.39 is 0 Å². The fourth-order valence-electron chi connectivity index (χ4n) is 3.05. The number of amides is 2. The first-order chi connectivity index (χ1) is 14.4. The van der Waals surface area contributed by atoms with Gasteiger partial charge in [0.2, 0.25) is 11.8 Å². The Labute approximate surface area is 178 Å². The number of hydrogen-bond acceptors (Lipinski definition) is 4. The SMILES string of the molecule is CC(C)Oc1cccc(C(C)NC(=O)CCC(=O)N(CCC#N)c2ccccc2)c1. The van der Waals surface area contributed by atoms with E-state index in [1.54, 1.807) is 4.90 Å². The highest BCUT2D eigenvalue weighted by Crippen LogP contribution is 2.20. The normalized spacial score (nSPS) is 11.4. The fourth-order valence-corrected chi connectivity index (χ4v) is 3.05. The highest BCUT2D eigenvalue weighted by Gasteiger charge is 2.18. The van der Waals surface area contributed by atoms with Crippen molar-refractivity contribution in [1.29, 1.82) is 5.26 Å². The Balaban J connectivity index is 1.92. The van der Waals surface area contributed by atoms with Gasteiger partial charge in [0.15, 0.2) is 0 Å². The van der Waals surface area contributed by atoms with Gasteiger partial charge < -0.3 is 15.0 Å². The molecule has 0 spiro atoms. The van der Waals surface area contributed by atoms with Gasteiger partial charge in [-0.1, -0.05) is 30.3 Å². The molecule has 30 heavy (non-hydrogen) atoms. The summed E-state index contributed by atoms with van der Waals surface area (Å²) in [7, 11) is 0. The molecule has 1 unspecified atom stereocenters. The number of benzene rings is 2. The largest absolute Gasteiger partial charge is 0.491 e. The third-order valence-electron chi connectivity index (χ3n) is 4.49. The molecule has 6 nitrogen and oxygen atoms in total. The molecule has 0 radical (unpaired) electrons. The van der Waals surface area contributed by atoms with Crippen LogP contribution < -0.4 is 15.0 Å². The van der Waals surface area contributed by atoms with Gasteiger partial charge in [-0.2, -0.15) is 5.26 Å². The van der Waals surface area contributed by atoms with Crippen molar-refractivity contribution in [2.24, 2.45) is 0 Å². The van der Waals surface area contributed by atoms with Crippen molar-refractivity contribution in [1.82, 2.24) is 5.32 Å². The van der Waals surface area contributed by atoms with Crippen LogP contribution in [0.1, 0.15) is 51.6 Å². The van der Waals surface area contributed by atoms with Gasteiger partial charge in [-0.05, 0) is 50.6 Å². The number of nitrogens with one attached hydrogen (secondary N) is 1. The molecular formula is C24H29N3O3. The molecule has 0 aliphatic rings. The van der Waals surface area contributed by atoms with Gasteiger partial charge in [-0.15, -0.1) is 0 Å². The molecule has 0 fully saturated rings. The topological polar surface area (TPSA) is 82.4 Å². The summed E-state index contributed by atoms with van der Waals surface area (Å²) >= 11 is 0. The van der Waals surface area contributed by atoms with Crippen LogP contribution in [-0.4, -0.2) is 24.5 Å². The summed E-state index contributed by atoms with van der Waals surface area (Å²) in [6, 6.07) is 18.7. The number of nitriles is 1. The number of para-hydroxylation sites is 1. The van der Waals surface area contributed by atoms with Crippen LogP contribution in [-0.2, 0) is 9.59 Å². The molecule has 1 atom stereocenters. The monoisotopic (exact) mass is 407 g/mol. The van der Waals surface area contributed by atoms with Crippen molar-refractivity contribution in [3.63, 3.8) is 0 Å². The number of carbonyl (C=O) groups excluding carboxylic acids is 2. The van der Waals surface area contributed by atoms with E-state index in [1.165, 1.54) is 0 Å². The predicted octanol–water partition coefficient (Wildman–Crippen LogP) is 4.38. The van der Waals surface area contributed by atoms with Crippen LogP contribution in [0.4, 0.5) is 5.69 Å². The molecule has 2 aromatic rings. The minimum absolute atomic E-state index is 0.0738. The first-order valence-corrected chi connectivity index (χ1v) is 10.2. The van der Waals surface area contributed by atoms with Gasteiger partial charge in [0, 0.05) is 25.1 Å². The highest BCUT2D eigenvalue weighted by molar-refractivity contribution is 5.95. The van der Waals surface area contributed by atoms with Crippen LogP contribution in [0.5, 0.6) is 5.75 Å². The number of nitrogens with zero attached hydrogens (tertiary/aromatic N) is 2. The van der Waals surface area contributed by atoms with E-state index in [9.17, 15) is 9.59 Å². The van der Waals surface area contributed by atoms with Gasteiger partial charge in [-0.3, -0.25) is 9.59 Å². The van der Waals surface area contributed by atoms with Crippen molar-refractivity contribution in [3.05, 3.63) is 60.2 Å². The Bertz CT molecular complexity index is 875. The van der Waals surface area contributed by atoms with Crippen molar-refractivity contribution in [2.45, 2.75) is 52.2 Å². The standard InChI is InChI=1S/C24H29N3O3/c1-18(2)30-22-12-7-9-20(17-22)19(3)26-23(28)13-14-24(29)27(16-8-15-25)21-10-5-4-6-11-21/h4-7,9-12,17-19H,8,13-14,16H2,1-3H3,(H,26,28). The van der Waals surface area contributed by atoms with Crippen LogP contribution in [0.25, 0.3) is 0 Å². The Morgan fingerprint density at radius 2 is 1.80 bits per heavy atom. The smallest absolute Gasteiger partial charge is 0.227 e. The van der Waals surface area contributed by atoms with Gasteiger partial charge in [0.05, 0.1) is 24.6 Å². The van der Waals surface area contributed by atoms with Crippen LogP contribution in [0.15, 0.2) is 54.6 Å². The molecule has 0 aliphatic carbocycles. The van der Waals surface area contributed by atoms with E-state index in [0.717, 1.165) is 17.0 Å². The zero-order valence-electron chi connectivity index (χ0n) is 17.8. The third-order valence-corrected chi connectivity index (χ3v) is 4.49. The number of anilines is 1. The molecule has 158 valence electrons. The molecule has 0 bridgehead atoms. The number of hydrogen-bond donors (Lipinski definition) is 1. The summed E-state index contributed by atoms with van der Waals surface area (Å²) < 4.78 is 5.70. The van der Waals surface area contributed by atoms with Gasteiger partial charge in [-0.25, -0.2) is 0 Å². The van der Waals surface area contributed by atoms with Crippen molar-refractivity contribution in [3.8, 4) is 11.8 Å². The maximum Gasteiger partial charge on any atom is 0.227 e. The van der Waals surface area contributed by atoms with Gasteiger partial charge in [0.25, 0.3) is 0 Å². The second-order valence-electron chi connectivity index (χ2n) is 7.32. The molecule has 0 aromatic heterocycles. The zero-order chi connectivity index (χ0) is 21.9. The first-order valence-electron chi connectivity index (χ1n) is 10.2. The van der Waals surface area contributed by atoms with Crippen LogP contribution in [0.3, 0.4) is 0 Å². The summed E-state index contributed by atoms with van der Waals surface area (Å²) in [5.74, 6) is 0.390. The summed E-state index contributed by atoms with van der Waals surface area (Å²) in [5, 5.41) is 11.8. The van der Waals surface area contributed by atoms with Crippen LogP contribution >= 0.6 is 0 Å². The summed E-state index contributed by atoms with van der Waals surface area (Å²) in [6.45, 7) is 6.13.